The van der Waals surface area contributed by atoms with Gasteiger partial charge >= 0.3 is 0 Å². The van der Waals surface area contributed by atoms with E-state index < -0.39 is 15.9 Å². The van der Waals surface area contributed by atoms with E-state index in [2.05, 4.69) is 5.32 Å². The Morgan fingerprint density at radius 2 is 1.77 bits per heavy atom. The van der Waals surface area contributed by atoms with E-state index in [9.17, 15) is 13.2 Å². The zero-order chi connectivity index (χ0) is 22.3. The molecule has 1 amide bonds. The highest BCUT2D eigenvalue weighted by Gasteiger charge is 2.27. The van der Waals surface area contributed by atoms with E-state index in [1.54, 1.807) is 27.2 Å². The number of ether oxygens (including phenoxy) is 2. The van der Waals surface area contributed by atoms with Gasteiger partial charge in [0, 0.05) is 18.1 Å². The fraction of sp³-hybridized carbons (Fsp3) is 0.350. The molecule has 0 aromatic heterocycles. The third-order valence-electron chi connectivity index (χ3n) is 4.37. The largest absolute Gasteiger partial charge is 0.493 e. The maximum absolute atomic E-state index is 12.9. The number of nitrogens with zero attached hydrogens (tertiary/aromatic N) is 1. The topological polar surface area (TPSA) is 84.9 Å². The number of sulfonamides is 1. The average molecular weight is 475 g/mol. The summed E-state index contributed by atoms with van der Waals surface area (Å²) in [5.74, 6) is 0.802. The van der Waals surface area contributed by atoms with Crippen molar-refractivity contribution < 1.29 is 22.7 Å². The summed E-state index contributed by atoms with van der Waals surface area (Å²) in [6.45, 7) is 1.76. The Kier molecular flexibility index (Phi) is 8.78. The number of nitrogens with one attached hydrogen (secondary N) is 1. The molecule has 0 aliphatic rings. The molecule has 7 nitrogen and oxygen atoms in total. The van der Waals surface area contributed by atoms with Crippen LogP contribution < -0.4 is 14.8 Å². The van der Waals surface area contributed by atoms with Crippen LogP contribution in [0.1, 0.15) is 12.5 Å². The molecule has 0 aliphatic heterocycles. The SMILES string of the molecule is CCN(CC(=O)NCCc1ccc(OC)c(OC)c1)S(=O)(=O)c1cc(Cl)ccc1Cl. The Morgan fingerprint density at radius 1 is 1.07 bits per heavy atom. The predicted molar refractivity (Wildman–Crippen MR) is 117 cm³/mol. The Hall–Kier alpha value is -2.00. The first-order valence-corrected chi connectivity index (χ1v) is 11.3. The molecule has 2 rings (SSSR count). The molecule has 0 atom stereocenters. The van der Waals surface area contributed by atoms with Gasteiger partial charge < -0.3 is 14.8 Å². The fourth-order valence-corrected chi connectivity index (χ4v) is 4.92. The van der Waals surface area contributed by atoms with E-state index in [1.807, 2.05) is 12.1 Å². The molecule has 0 aliphatic carbocycles. The van der Waals surface area contributed by atoms with Gasteiger partial charge in [0.25, 0.3) is 0 Å². The second-order valence-corrected chi connectivity index (χ2v) is 9.05. The van der Waals surface area contributed by atoms with Crippen LogP contribution in [-0.4, -0.2) is 52.5 Å². The smallest absolute Gasteiger partial charge is 0.245 e. The highest BCUT2D eigenvalue weighted by molar-refractivity contribution is 7.89. The molecule has 0 unspecified atom stereocenters. The molecular weight excluding hydrogens is 451 g/mol. The summed E-state index contributed by atoms with van der Waals surface area (Å²) in [7, 11) is -0.859. The van der Waals surface area contributed by atoms with E-state index in [-0.39, 0.29) is 28.0 Å². The van der Waals surface area contributed by atoms with Crippen LogP contribution in [-0.2, 0) is 21.2 Å². The molecule has 0 radical (unpaired) electrons. The minimum Gasteiger partial charge on any atom is -0.493 e. The monoisotopic (exact) mass is 474 g/mol. The second-order valence-electron chi connectivity index (χ2n) is 6.30. The molecule has 2 aromatic carbocycles. The molecule has 0 spiro atoms. The molecule has 0 heterocycles. The van der Waals surface area contributed by atoms with Crippen LogP contribution in [0.3, 0.4) is 0 Å². The van der Waals surface area contributed by atoms with Gasteiger partial charge in [-0.05, 0) is 42.3 Å². The summed E-state index contributed by atoms with van der Waals surface area (Å²) in [6, 6.07) is 9.67. The van der Waals surface area contributed by atoms with Crippen LogP contribution in [0.4, 0.5) is 0 Å². The Morgan fingerprint density at radius 3 is 2.40 bits per heavy atom. The number of methoxy groups -OCH3 is 2. The standard InChI is InChI=1S/C20H24Cl2N2O5S/c1-4-24(30(26,27)19-12-15(21)6-7-16(19)22)13-20(25)23-10-9-14-5-8-17(28-2)18(11-14)29-3/h5-8,11-12H,4,9-10,13H2,1-3H3,(H,23,25). The first-order valence-electron chi connectivity index (χ1n) is 9.15. The molecule has 0 saturated heterocycles. The van der Waals surface area contributed by atoms with Crippen molar-refractivity contribution in [3.8, 4) is 11.5 Å². The minimum absolute atomic E-state index is 0.0479. The quantitative estimate of drug-likeness (QED) is 0.570. The first kappa shape index (κ1) is 24.3. The summed E-state index contributed by atoms with van der Waals surface area (Å²) < 4.78 is 37.3. The summed E-state index contributed by atoms with van der Waals surface area (Å²) in [5, 5.41) is 3.03. The van der Waals surface area contributed by atoms with Gasteiger partial charge in [-0.25, -0.2) is 8.42 Å². The highest BCUT2D eigenvalue weighted by Crippen LogP contribution is 2.28. The van der Waals surface area contributed by atoms with E-state index in [0.29, 0.717) is 24.5 Å². The van der Waals surface area contributed by atoms with Crippen molar-refractivity contribution in [3.05, 3.63) is 52.0 Å². The van der Waals surface area contributed by atoms with Gasteiger partial charge in [0.05, 0.1) is 25.8 Å². The van der Waals surface area contributed by atoms with Crippen molar-refractivity contribution >= 4 is 39.1 Å². The van der Waals surface area contributed by atoms with Gasteiger partial charge in [0.15, 0.2) is 11.5 Å². The normalized spacial score (nSPS) is 11.4. The molecule has 2 aromatic rings. The van der Waals surface area contributed by atoms with Crippen molar-refractivity contribution in [1.29, 1.82) is 0 Å². The second kappa shape index (κ2) is 10.9. The van der Waals surface area contributed by atoms with Crippen molar-refractivity contribution in [2.24, 2.45) is 0 Å². The maximum Gasteiger partial charge on any atom is 0.245 e. The van der Waals surface area contributed by atoms with Crippen LogP contribution in [0.5, 0.6) is 11.5 Å². The van der Waals surface area contributed by atoms with Crippen LogP contribution >= 0.6 is 23.2 Å². The fourth-order valence-electron chi connectivity index (χ4n) is 2.78. The molecular formula is C20H24Cl2N2O5S. The Balaban J connectivity index is 2.00. The van der Waals surface area contributed by atoms with Crippen molar-refractivity contribution in [2.75, 3.05) is 33.9 Å². The molecule has 0 bridgehead atoms. The molecule has 0 saturated carbocycles. The van der Waals surface area contributed by atoms with Crippen molar-refractivity contribution in [1.82, 2.24) is 9.62 Å². The summed E-state index contributed by atoms with van der Waals surface area (Å²) in [4.78, 5) is 12.2. The zero-order valence-corrected chi connectivity index (χ0v) is 19.3. The lowest BCUT2D eigenvalue weighted by Gasteiger charge is -2.21. The number of carbonyl (C=O) groups excluding carboxylic acids is 1. The lowest BCUT2D eigenvalue weighted by molar-refractivity contribution is -0.121. The van der Waals surface area contributed by atoms with E-state index >= 15 is 0 Å². The van der Waals surface area contributed by atoms with Crippen LogP contribution in [0.25, 0.3) is 0 Å². The van der Waals surface area contributed by atoms with E-state index in [4.69, 9.17) is 32.7 Å². The molecule has 30 heavy (non-hydrogen) atoms. The minimum atomic E-state index is -3.97. The number of carbonyl (C=O) groups is 1. The van der Waals surface area contributed by atoms with E-state index in [1.165, 1.54) is 18.2 Å². The van der Waals surface area contributed by atoms with E-state index in [0.717, 1.165) is 9.87 Å². The molecule has 164 valence electrons. The van der Waals surface area contributed by atoms with Gasteiger partial charge in [-0.1, -0.05) is 36.2 Å². The number of benzene rings is 2. The summed E-state index contributed by atoms with van der Waals surface area (Å²) in [5.41, 5.74) is 0.943. The number of halogens is 2. The number of likely N-dealkylation sites (N-methyl/N-ethyl adjacent to an activating group) is 1. The van der Waals surface area contributed by atoms with Gasteiger partial charge in [-0.3, -0.25) is 4.79 Å². The summed E-state index contributed by atoms with van der Waals surface area (Å²) >= 11 is 11.9. The average Bonchev–Trinajstić information content (AvgIpc) is 2.73. The van der Waals surface area contributed by atoms with Crippen molar-refractivity contribution in [3.63, 3.8) is 0 Å². The Labute approximate surface area is 186 Å². The third-order valence-corrected chi connectivity index (χ3v) is 7.00. The predicted octanol–water partition coefficient (Wildman–Crippen LogP) is 3.38. The lowest BCUT2D eigenvalue weighted by atomic mass is 10.1. The maximum atomic E-state index is 12.9. The number of rotatable bonds is 10. The van der Waals surface area contributed by atoms with Crippen LogP contribution in [0.15, 0.2) is 41.3 Å². The van der Waals surface area contributed by atoms with Crippen molar-refractivity contribution in [2.45, 2.75) is 18.2 Å². The van der Waals surface area contributed by atoms with Gasteiger partial charge in [0.1, 0.15) is 4.90 Å². The third kappa shape index (κ3) is 6.01. The van der Waals surface area contributed by atoms with Gasteiger partial charge in [-0.2, -0.15) is 4.31 Å². The lowest BCUT2D eigenvalue weighted by Crippen LogP contribution is -2.41. The van der Waals surface area contributed by atoms with Crippen LogP contribution in [0.2, 0.25) is 10.0 Å². The number of hydrogen-bond donors (Lipinski definition) is 1. The van der Waals surface area contributed by atoms with Crippen LogP contribution in [0, 0.1) is 0 Å². The van der Waals surface area contributed by atoms with Gasteiger partial charge in [0.2, 0.25) is 15.9 Å². The molecule has 0 fully saturated rings. The number of amides is 1. The Bertz CT molecular complexity index is 999. The zero-order valence-electron chi connectivity index (χ0n) is 16.9. The summed E-state index contributed by atoms with van der Waals surface area (Å²) in [6.07, 6.45) is 0.547. The number of hydrogen-bond acceptors (Lipinski definition) is 5. The molecule has 1 N–H and O–H groups in total. The first-order chi connectivity index (χ1) is 14.2. The van der Waals surface area contributed by atoms with Gasteiger partial charge in [-0.15, -0.1) is 0 Å². The highest BCUT2D eigenvalue weighted by atomic mass is 35.5. The molecule has 10 heteroatoms.